The van der Waals surface area contributed by atoms with Gasteiger partial charge in [-0.1, -0.05) is 13.8 Å². The predicted octanol–water partition coefficient (Wildman–Crippen LogP) is 3.14. The SMILES string of the molecule is COc1ccc(NCC(C)(C)CO)c(C(F)(F)F)c1. The van der Waals surface area contributed by atoms with Gasteiger partial charge in [0.25, 0.3) is 0 Å². The van der Waals surface area contributed by atoms with Crippen LogP contribution in [-0.2, 0) is 6.18 Å². The fourth-order valence-electron chi connectivity index (χ4n) is 1.43. The molecule has 108 valence electrons. The van der Waals surface area contributed by atoms with E-state index in [2.05, 4.69) is 5.32 Å². The second-order valence-electron chi connectivity index (χ2n) is 5.09. The van der Waals surface area contributed by atoms with Crippen LogP contribution in [0.5, 0.6) is 5.75 Å². The summed E-state index contributed by atoms with van der Waals surface area (Å²) in [5.74, 6) is 0.152. The molecule has 2 N–H and O–H groups in total. The quantitative estimate of drug-likeness (QED) is 0.868. The van der Waals surface area contributed by atoms with E-state index in [9.17, 15) is 13.2 Å². The van der Waals surface area contributed by atoms with E-state index in [-0.39, 0.29) is 24.6 Å². The van der Waals surface area contributed by atoms with Crippen LogP contribution in [0.3, 0.4) is 0 Å². The second kappa shape index (κ2) is 5.69. The lowest BCUT2D eigenvalue weighted by Gasteiger charge is -2.24. The Kier molecular flexibility index (Phi) is 4.68. The van der Waals surface area contributed by atoms with Crippen LogP contribution < -0.4 is 10.1 Å². The van der Waals surface area contributed by atoms with Crippen molar-refractivity contribution in [2.24, 2.45) is 5.41 Å². The van der Waals surface area contributed by atoms with Crippen LogP contribution in [0.25, 0.3) is 0 Å². The Morgan fingerprint density at radius 3 is 2.37 bits per heavy atom. The molecular formula is C13H18F3NO2. The van der Waals surface area contributed by atoms with Gasteiger partial charge in [0.2, 0.25) is 0 Å². The minimum atomic E-state index is -4.46. The van der Waals surface area contributed by atoms with Gasteiger partial charge in [-0.15, -0.1) is 0 Å². The lowest BCUT2D eigenvalue weighted by atomic mass is 9.94. The monoisotopic (exact) mass is 277 g/mol. The summed E-state index contributed by atoms with van der Waals surface area (Å²) in [4.78, 5) is 0. The molecule has 0 radical (unpaired) electrons. The standard InChI is InChI=1S/C13H18F3NO2/c1-12(2,8-18)7-17-11-5-4-9(19-3)6-10(11)13(14,15)16/h4-6,17-18H,7-8H2,1-3H3. The summed E-state index contributed by atoms with van der Waals surface area (Å²) in [6, 6.07) is 3.74. The van der Waals surface area contributed by atoms with Crippen molar-refractivity contribution < 1.29 is 23.0 Å². The van der Waals surface area contributed by atoms with Crippen molar-refractivity contribution in [2.45, 2.75) is 20.0 Å². The topological polar surface area (TPSA) is 41.5 Å². The molecule has 0 amide bonds. The van der Waals surface area contributed by atoms with Gasteiger partial charge in [-0.25, -0.2) is 0 Å². The second-order valence-corrected chi connectivity index (χ2v) is 5.09. The highest BCUT2D eigenvalue weighted by atomic mass is 19.4. The molecule has 0 aliphatic rings. The van der Waals surface area contributed by atoms with Gasteiger partial charge in [0, 0.05) is 24.3 Å². The number of alkyl halides is 3. The molecule has 1 rings (SSSR count). The van der Waals surface area contributed by atoms with Crippen molar-refractivity contribution in [3.8, 4) is 5.75 Å². The van der Waals surface area contributed by atoms with Crippen molar-refractivity contribution in [3.05, 3.63) is 23.8 Å². The summed E-state index contributed by atoms with van der Waals surface area (Å²) in [7, 11) is 1.32. The summed E-state index contributed by atoms with van der Waals surface area (Å²) in [6.07, 6.45) is -4.46. The molecular weight excluding hydrogens is 259 g/mol. The van der Waals surface area contributed by atoms with E-state index in [1.54, 1.807) is 13.8 Å². The zero-order chi connectivity index (χ0) is 14.7. The van der Waals surface area contributed by atoms with Gasteiger partial charge in [0.05, 0.1) is 12.7 Å². The van der Waals surface area contributed by atoms with E-state index in [4.69, 9.17) is 9.84 Å². The van der Waals surface area contributed by atoms with Gasteiger partial charge in [-0.05, 0) is 18.2 Å². The number of methoxy groups -OCH3 is 1. The number of hydrogen-bond donors (Lipinski definition) is 2. The molecule has 1 aromatic rings. The highest BCUT2D eigenvalue weighted by Gasteiger charge is 2.34. The van der Waals surface area contributed by atoms with E-state index in [1.165, 1.54) is 19.2 Å². The molecule has 0 aliphatic heterocycles. The summed E-state index contributed by atoms with van der Waals surface area (Å²) in [5.41, 5.74) is -1.29. The number of aliphatic hydroxyl groups is 1. The van der Waals surface area contributed by atoms with Gasteiger partial charge in [0.15, 0.2) is 0 Å². The summed E-state index contributed by atoms with van der Waals surface area (Å²) < 4.78 is 43.6. The number of nitrogens with one attached hydrogen (secondary N) is 1. The molecule has 0 aliphatic carbocycles. The van der Waals surface area contributed by atoms with Gasteiger partial charge in [-0.2, -0.15) is 13.2 Å². The maximum Gasteiger partial charge on any atom is 0.418 e. The average Bonchev–Trinajstić information content (AvgIpc) is 2.35. The summed E-state index contributed by atoms with van der Waals surface area (Å²) >= 11 is 0. The zero-order valence-corrected chi connectivity index (χ0v) is 11.1. The molecule has 0 spiro atoms. The smallest absolute Gasteiger partial charge is 0.418 e. The van der Waals surface area contributed by atoms with Crippen molar-refractivity contribution in [3.63, 3.8) is 0 Å². The number of aliphatic hydroxyl groups excluding tert-OH is 1. The van der Waals surface area contributed by atoms with E-state index >= 15 is 0 Å². The van der Waals surface area contributed by atoms with Crippen LogP contribution in [0.4, 0.5) is 18.9 Å². The van der Waals surface area contributed by atoms with Crippen LogP contribution in [0.1, 0.15) is 19.4 Å². The minimum absolute atomic E-state index is 0.0187. The van der Waals surface area contributed by atoms with Crippen LogP contribution in [-0.4, -0.2) is 25.4 Å². The van der Waals surface area contributed by atoms with Crippen molar-refractivity contribution >= 4 is 5.69 Å². The van der Waals surface area contributed by atoms with E-state index in [0.717, 1.165) is 6.07 Å². The lowest BCUT2D eigenvalue weighted by molar-refractivity contribution is -0.137. The molecule has 0 atom stereocenters. The summed E-state index contributed by atoms with van der Waals surface area (Å²) in [5, 5.41) is 11.8. The maximum absolute atomic E-state index is 12.9. The Morgan fingerprint density at radius 2 is 1.89 bits per heavy atom. The highest BCUT2D eigenvalue weighted by molar-refractivity contribution is 5.55. The number of anilines is 1. The van der Waals surface area contributed by atoms with Crippen LogP contribution in [0.15, 0.2) is 18.2 Å². The molecule has 3 nitrogen and oxygen atoms in total. The van der Waals surface area contributed by atoms with Gasteiger partial charge >= 0.3 is 6.18 Å². The van der Waals surface area contributed by atoms with Crippen molar-refractivity contribution in [1.82, 2.24) is 0 Å². The Labute approximate surface area is 110 Å². The van der Waals surface area contributed by atoms with E-state index in [0.29, 0.717) is 0 Å². The number of rotatable bonds is 5. The first-order valence-electron chi connectivity index (χ1n) is 5.79. The Morgan fingerprint density at radius 1 is 1.26 bits per heavy atom. The number of ether oxygens (including phenoxy) is 1. The molecule has 0 saturated carbocycles. The molecule has 0 heterocycles. The first-order valence-corrected chi connectivity index (χ1v) is 5.79. The number of hydrogen-bond acceptors (Lipinski definition) is 3. The van der Waals surface area contributed by atoms with Crippen LogP contribution in [0, 0.1) is 5.41 Å². The largest absolute Gasteiger partial charge is 0.497 e. The lowest BCUT2D eigenvalue weighted by Crippen LogP contribution is -2.27. The summed E-state index contributed by atoms with van der Waals surface area (Å²) in [6.45, 7) is 3.64. The third-order valence-corrected chi connectivity index (χ3v) is 2.72. The van der Waals surface area contributed by atoms with E-state index < -0.39 is 17.2 Å². The molecule has 0 bridgehead atoms. The molecule has 0 saturated heterocycles. The minimum Gasteiger partial charge on any atom is -0.497 e. The molecule has 6 heteroatoms. The Hall–Kier alpha value is -1.43. The normalized spacial score (nSPS) is 12.4. The van der Waals surface area contributed by atoms with Gasteiger partial charge in [-0.3, -0.25) is 0 Å². The van der Waals surface area contributed by atoms with Gasteiger partial charge < -0.3 is 15.2 Å². The average molecular weight is 277 g/mol. The first-order chi connectivity index (χ1) is 8.69. The Bertz CT molecular complexity index is 430. The molecule has 19 heavy (non-hydrogen) atoms. The predicted molar refractivity (Wildman–Crippen MR) is 67.4 cm³/mol. The third-order valence-electron chi connectivity index (χ3n) is 2.72. The van der Waals surface area contributed by atoms with Crippen molar-refractivity contribution in [1.29, 1.82) is 0 Å². The zero-order valence-electron chi connectivity index (χ0n) is 11.1. The van der Waals surface area contributed by atoms with Gasteiger partial charge in [0.1, 0.15) is 5.75 Å². The highest BCUT2D eigenvalue weighted by Crippen LogP contribution is 2.37. The molecule has 0 aromatic heterocycles. The number of halogens is 3. The van der Waals surface area contributed by atoms with Crippen LogP contribution in [0.2, 0.25) is 0 Å². The fourth-order valence-corrected chi connectivity index (χ4v) is 1.43. The van der Waals surface area contributed by atoms with E-state index in [1.807, 2.05) is 0 Å². The first kappa shape index (κ1) is 15.6. The molecule has 0 fully saturated rings. The third kappa shape index (κ3) is 4.31. The number of benzene rings is 1. The fraction of sp³-hybridized carbons (Fsp3) is 0.538. The maximum atomic E-state index is 12.9. The Balaban J connectivity index is 3.00. The molecule has 1 aromatic carbocycles. The van der Waals surface area contributed by atoms with Crippen molar-refractivity contribution in [2.75, 3.05) is 25.6 Å². The van der Waals surface area contributed by atoms with Crippen LogP contribution >= 0.6 is 0 Å². The molecule has 0 unspecified atom stereocenters.